The average molecular weight is 308 g/mol. The molecule has 0 bridgehead atoms. The Balaban J connectivity index is 0.00000176. The highest BCUT2D eigenvalue weighted by atomic mass is 32.1. The van der Waals surface area contributed by atoms with Gasteiger partial charge >= 0.3 is 0 Å². The molecule has 5 nitrogen and oxygen atoms in total. The molecule has 6 heteroatoms. The lowest BCUT2D eigenvalue weighted by Crippen LogP contribution is -2.26. The van der Waals surface area contributed by atoms with E-state index in [0.717, 1.165) is 37.6 Å². The standard InChI is InChI=1S/C15H18N4OS.3H2/c16-15-11(3-1-7-18-15)14(20)12-4-5-13(21-12)19-9-2-6-17-8-10-19;;;/h1,3-5,7,17H,2,6,8-10H2,(H2,16,18);3*1H. The SMILES string of the molecule is Nc1ncccc1C(=O)c1ccc(N2CCCNCC2)s1.[HH].[HH].[HH]. The van der Waals surface area contributed by atoms with E-state index in [1.165, 1.54) is 11.3 Å². The van der Waals surface area contributed by atoms with Crippen LogP contribution < -0.4 is 16.0 Å². The van der Waals surface area contributed by atoms with Crippen LogP contribution in [0.5, 0.6) is 0 Å². The fraction of sp³-hybridized carbons (Fsp3) is 0.333. The van der Waals surface area contributed by atoms with E-state index in [4.69, 9.17) is 5.73 Å². The first-order valence-corrected chi connectivity index (χ1v) is 7.88. The first kappa shape index (κ1) is 14.0. The van der Waals surface area contributed by atoms with Crippen LogP contribution >= 0.6 is 11.3 Å². The Morgan fingerprint density at radius 1 is 1.33 bits per heavy atom. The molecule has 1 saturated heterocycles. The molecule has 0 unspecified atom stereocenters. The smallest absolute Gasteiger partial charge is 0.206 e. The summed E-state index contributed by atoms with van der Waals surface area (Å²) >= 11 is 1.53. The van der Waals surface area contributed by atoms with E-state index < -0.39 is 0 Å². The number of rotatable bonds is 3. The first-order valence-electron chi connectivity index (χ1n) is 7.06. The van der Waals surface area contributed by atoms with Crippen molar-refractivity contribution in [1.82, 2.24) is 10.3 Å². The van der Waals surface area contributed by atoms with Gasteiger partial charge in [0.15, 0.2) is 0 Å². The molecule has 2 aromatic heterocycles. The molecular weight excluding hydrogens is 284 g/mol. The molecule has 0 radical (unpaired) electrons. The molecule has 0 saturated carbocycles. The molecule has 21 heavy (non-hydrogen) atoms. The number of ketones is 1. The summed E-state index contributed by atoms with van der Waals surface area (Å²) in [5.41, 5.74) is 6.26. The maximum atomic E-state index is 12.5. The number of nitrogens with two attached hydrogens (primary N) is 1. The number of hydrogen-bond donors (Lipinski definition) is 2. The number of pyridine rings is 1. The molecule has 116 valence electrons. The van der Waals surface area contributed by atoms with E-state index in [9.17, 15) is 4.79 Å². The van der Waals surface area contributed by atoms with E-state index in [1.807, 2.05) is 12.1 Å². The normalized spacial score (nSPS) is 15.7. The van der Waals surface area contributed by atoms with Crippen LogP contribution in [0, 0.1) is 0 Å². The first-order chi connectivity index (χ1) is 10.3. The highest BCUT2D eigenvalue weighted by Crippen LogP contribution is 2.29. The van der Waals surface area contributed by atoms with Crippen LogP contribution in [0.15, 0.2) is 30.5 Å². The summed E-state index contributed by atoms with van der Waals surface area (Å²) in [7, 11) is 0. The van der Waals surface area contributed by atoms with E-state index in [0.29, 0.717) is 10.4 Å². The van der Waals surface area contributed by atoms with E-state index in [-0.39, 0.29) is 15.9 Å². The average Bonchev–Trinajstić information content (AvgIpc) is 2.83. The molecule has 0 spiro atoms. The lowest BCUT2D eigenvalue weighted by atomic mass is 10.1. The Morgan fingerprint density at radius 3 is 3.10 bits per heavy atom. The van der Waals surface area contributed by atoms with E-state index >= 15 is 0 Å². The van der Waals surface area contributed by atoms with Gasteiger partial charge in [-0.25, -0.2) is 4.98 Å². The second kappa shape index (κ2) is 6.24. The Kier molecular flexibility index (Phi) is 4.17. The Bertz CT molecular complexity index is 645. The van der Waals surface area contributed by atoms with Crippen LogP contribution in [0.1, 0.15) is 25.9 Å². The number of thiophene rings is 1. The second-order valence-electron chi connectivity index (χ2n) is 4.99. The molecule has 2 aromatic rings. The molecule has 0 atom stereocenters. The maximum absolute atomic E-state index is 12.5. The predicted octanol–water partition coefficient (Wildman–Crippen LogP) is 2.49. The van der Waals surface area contributed by atoms with Gasteiger partial charge in [0, 0.05) is 30.1 Å². The molecule has 0 aliphatic carbocycles. The fourth-order valence-electron chi connectivity index (χ4n) is 2.43. The molecule has 0 amide bonds. The fourth-order valence-corrected chi connectivity index (χ4v) is 3.44. The van der Waals surface area contributed by atoms with Crippen molar-refractivity contribution in [3.8, 4) is 0 Å². The number of aromatic nitrogens is 1. The second-order valence-corrected chi connectivity index (χ2v) is 6.06. The lowest BCUT2D eigenvalue weighted by Gasteiger charge is -2.19. The minimum atomic E-state index is -0.0511. The van der Waals surface area contributed by atoms with Gasteiger partial charge in [0.25, 0.3) is 0 Å². The molecule has 1 aliphatic rings. The van der Waals surface area contributed by atoms with Gasteiger partial charge in [0.1, 0.15) is 5.82 Å². The molecular formula is C15H24N4OS. The molecule has 3 rings (SSSR count). The summed E-state index contributed by atoms with van der Waals surface area (Å²) in [6.45, 7) is 4.04. The van der Waals surface area contributed by atoms with Gasteiger partial charge in [-0.3, -0.25) is 4.79 Å². The van der Waals surface area contributed by atoms with Gasteiger partial charge in [-0.2, -0.15) is 0 Å². The third-order valence-electron chi connectivity index (χ3n) is 3.55. The maximum Gasteiger partial charge on any atom is 0.206 e. The molecule has 3 N–H and O–H groups in total. The van der Waals surface area contributed by atoms with Gasteiger partial charge in [0.2, 0.25) is 5.78 Å². The summed E-state index contributed by atoms with van der Waals surface area (Å²) in [5.74, 6) is 0.237. The third kappa shape index (κ3) is 3.06. The third-order valence-corrected chi connectivity index (χ3v) is 4.70. The van der Waals surface area contributed by atoms with Gasteiger partial charge in [0.05, 0.1) is 15.4 Å². The van der Waals surface area contributed by atoms with Gasteiger partial charge in [-0.05, 0) is 37.2 Å². The van der Waals surface area contributed by atoms with Crippen LogP contribution in [-0.2, 0) is 0 Å². The Hall–Kier alpha value is -1.92. The quantitative estimate of drug-likeness (QED) is 0.853. The van der Waals surface area contributed by atoms with Crippen molar-refractivity contribution in [1.29, 1.82) is 0 Å². The zero-order chi connectivity index (χ0) is 14.7. The largest absolute Gasteiger partial charge is 0.383 e. The summed E-state index contributed by atoms with van der Waals surface area (Å²) in [5, 5.41) is 4.52. The molecule has 1 fully saturated rings. The molecule has 3 heterocycles. The zero-order valence-corrected chi connectivity index (χ0v) is 12.5. The van der Waals surface area contributed by atoms with Crippen molar-refractivity contribution < 1.29 is 9.07 Å². The van der Waals surface area contributed by atoms with Gasteiger partial charge in [-0.15, -0.1) is 11.3 Å². The number of carbonyl (C=O) groups is 1. The number of carbonyl (C=O) groups excluding carboxylic acids is 1. The monoisotopic (exact) mass is 308 g/mol. The summed E-state index contributed by atoms with van der Waals surface area (Å²) < 4.78 is 0. The Morgan fingerprint density at radius 2 is 2.24 bits per heavy atom. The summed E-state index contributed by atoms with van der Waals surface area (Å²) in [4.78, 5) is 19.5. The minimum Gasteiger partial charge on any atom is -0.383 e. The number of nitrogen functional groups attached to an aromatic ring is 1. The summed E-state index contributed by atoms with van der Waals surface area (Å²) in [6.07, 6.45) is 2.72. The Labute approximate surface area is 132 Å². The molecule has 1 aliphatic heterocycles. The van der Waals surface area contributed by atoms with Gasteiger partial charge in [-0.1, -0.05) is 0 Å². The molecule has 0 aromatic carbocycles. The number of nitrogens with zero attached hydrogens (tertiary/aromatic N) is 2. The van der Waals surface area contributed by atoms with Crippen LogP contribution in [0.4, 0.5) is 10.8 Å². The lowest BCUT2D eigenvalue weighted by molar-refractivity contribution is 0.104. The van der Waals surface area contributed by atoms with Crippen molar-refractivity contribution in [3.05, 3.63) is 40.9 Å². The number of hydrogen-bond acceptors (Lipinski definition) is 6. The highest BCUT2D eigenvalue weighted by Gasteiger charge is 2.17. The predicted molar refractivity (Wildman–Crippen MR) is 92.4 cm³/mol. The van der Waals surface area contributed by atoms with E-state index in [1.54, 1.807) is 18.3 Å². The topological polar surface area (TPSA) is 71.2 Å². The van der Waals surface area contributed by atoms with Crippen LogP contribution in [0.3, 0.4) is 0 Å². The van der Waals surface area contributed by atoms with Crippen molar-refractivity contribution in [2.24, 2.45) is 0 Å². The van der Waals surface area contributed by atoms with Crippen LogP contribution in [0.2, 0.25) is 0 Å². The van der Waals surface area contributed by atoms with Crippen molar-refractivity contribution in [2.75, 3.05) is 36.8 Å². The number of anilines is 2. The van der Waals surface area contributed by atoms with E-state index in [2.05, 4.69) is 15.2 Å². The summed E-state index contributed by atoms with van der Waals surface area (Å²) in [6, 6.07) is 7.36. The van der Waals surface area contributed by atoms with Crippen molar-refractivity contribution >= 4 is 27.9 Å². The van der Waals surface area contributed by atoms with Crippen molar-refractivity contribution in [2.45, 2.75) is 6.42 Å². The number of nitrogens with one attached hydrogen (secondary N) is 1. The van der Waals surface area contributed by atoms with Crippen molar-refractivity contribution in [3.63, 3.8) is 0 Å². The van der Waals surface area contributed by atoms with Gasteiger partial charge < -0.3 is 16.0 Å². The van der Waals surface area contributed by atoms with Crippen LogP contribution in [-0.4, -0.2) is 36.9 Å². The van der Waals surface area contributed by atoms with Crippen LogP contribution in [0.25, 0.3) is 0 Å². The highest BCUT2D eigenvalue weighted by molar-refractivity contribution is 7.18. The minimum absolute atomic E-state index is 0. The zero-order valence-electron chi connectivity index (χ0n) is 11.7.